The summed E-state index contributed by atoms with van der Waals surface area (Å²) in [7, 11) is 0. The van der Waals surface area contributed by atoms with Crippen molar-refractivity contribution < 1.29 is 18.0 Å². The molecule has 1 amide bonds. The molecular formula is C17H24ClF3N2O. The lowest BCUT2D eigenvalue weighted by molar-refractivity contribution is -0.163. The summed E-state index contributed by atoms with van der Waals surface area (Å²) in [5.41, 5.74) is 5.91. The van der Waals surface area contributed by atoms with E-state index in [0.717, 1.165) is 12.8 Å². The molecule has 1 aliphatic rings. The molecule has 24 heavy (non-hydrogen) atoms. The second-order valence-corrected chi connectivity index (χ2v) is 6.60. The van der Waals surface area contributed by atoms with Crippen molar-refractivity contribution >= 4 is 18.3 Å². The second-order valence-electron chi connectivity index (χ2n) is 6.60. The number of halogens is 4. The minimum atomic E-state index is -4.49. The third-order valence-electron chi connectivity index (χ3n) is 4.57. The Hall–Kier alpha value is -1.27. The molecule has 3 atom stereocenters. The first-order valence-corrected chi connectivity index (χ1v) is 7.90. The predicted molar refractivity (Wildman–Crippen MR) is 89.9 cm³/mol. The lowest BCUT2D eigenvalue weighted by atomic mass is 9.74. The van der Waals surface area contributed by atoms with Crippen molar-refractivity contribution in [3.63, 3.8) is 0 Å². The van der Waals surface area contributed by atoms with Gasteiger partial charge >= 0.3 is 6.18 Å². The molecule has 1 saturated carbocycles. The number of nitrogens with one attached hydrogen (secondary N) is 1. The number of nitrogens with two attached hydrogens (primary N) is 1. The topological polar surface area (TPSA) is 55.1 Å². The van der Waals surface area contributed by atoms with E-state index in [2.05, 4.69) is 5.32 Å². The van der Waals surface area contributed by atoms with Gasteiger partial charge in [-0.05, 0) is 25.3 Å². The number of carbonyl (C=O) groups excluding carboxylic acids is 1. The highest BCUT2D eigenvalue weighted by Gasteiger charge is 2.44. The average molecular weight is 365 g/mol. The van der Waals surface area contributed by atoms with Crippen LogP contribution in [0.1, 0.15) is 38.2 Å². The van der Waals surface area contributed by atoms with Crippen LogP contribution >= 0.6 is 12.4 Å². The van der Waals surface area contributed by atoms with Crippen molar-refractivity contribution in [1.82, 2.24) is 5.32 Å². The van der Waals surface area contributed by atoms with Crippen molar-refractivity contribution in [3.8, 4) is 0 Å². The summed E-state index contributed by atoms with van der Waals surface area (Å²) in [4.78, 5) is 12.4. The molecule has 3 nitrogen and oxygen atoms in total. The minimum Gasteiger partial charge on any atom is -0.344 e. The first kappa shape index (κ1) is 20.8. The van der Waals surface area contributed by atoms with Crippen molar-refractivity contribution in [3.05, 3.63) is 35.9 Å². The van der Waals surface area contributed by atoms with Gasteiger partial charge in [-0.2, -0.15) is 13.2 Å². The Bertz CT molecular complexity index is 534. The van der Waals surface area contributed by atoms with Gasteiger partial charge in [-0.25, -0.2) is 0 Å². The third-order valence-corrected chi connectivity index (χ3v) is 4.57. The molecular weight excluding hydrogens is 341 g/mol. The number of alkyl halides is 3. The monoisotopic (exact) mass is 364 g/mol. The van der Waals surface area contributed by atoms with Crippen LogP contribution in [0.5, 0.6) is 0 Å². The Kier molecular flexibility index (Phi) is 7.10. The molecule has 1 fully saturated rings. The van der Waals surface area contributed by atoms with E-state index in [1.165, 1.54) is 0 Å². The smallest absolute Gasteiger partial charge is 0.344 e. The Labute approximate surface area is 146 Å². The first-order valence-electron chi connectivity index (χ1n) is 7.90. The van der Waals surface area contributed by atoms with Crippen LogP contribution in [-0.2, 0) is 11.2 Å². The number of rotatable bonds is 4. The van der Waals surface area contributed by atoms with Gasteiger partial charge in [0.1, 0.15) is 6.04 Å². The summed E-state index contributed by atoms with van der Waals surface area (Å²) in [5.74, 6) is -1.16. The van der Waals surface area contributed by atoms with Gasteiger partial charge in [-0.3, -0.25) is 4.79 Å². The summed E-state index contributed by atoms with van der Waals surface area (Å²) in [6, 6.07) is 6.46. The van der Waals surface area contributed by atoms with Gasteiger partial charge in [0.05, 0.1) is 5.92 Å². The van der Waals surface area contributed by atoms with Crippen LogP contribution in [0.3, 0.4) is 0 Å². The number of benzene rings is 1. The van der Waals surface area contributed by atoms with Gasteiger partial charge < -0.3 is 11.1 Å². The maximum Gasteiger partial charge on any atom is 0.408 e. The molecule has 1 aromatic carbocycles. The zero-order chi connectivity index (χ0) is 17.1. The molecule has 0 saturated heterocycles. The van der Waals surface area contributed by atoms with Crippen LogP contribution in [0.4, 0.5) is 13.2 Å². The van der Waals surface area contributed by atoms with E-state index in [9.17, 15) is 18.0 Å². The van der Waals surface area contributed by atoms with E-state index >= 15 is 0 Å². The second kappa shape index (κ2) is 8.21. The largest absolute Gasteiger partial charge is 0.408 e. The van der Waals surface area contributed by atoms with Gasteiger partial charge in [0, 0.05) is 12.0 Å². The van der Waals surface area contributed by atoms with Crippen LogP contribution in [0.25, 0.3) is 0 Å². The molecule has 1 aromatic rings. The molecule has 2 rings (SSSR count). The molecule has 0 bridgehead atoms. The predicted octanol–water partition coefficient (Wildman–Crippen LogP) is 3.61. The van der Waals surface area contributed by atoms with E-state index in [4.69, 9.17) is 5.73 Å². The van der Waals surface area contributed by atoms with Crippen LogP contribution in [0.15, 0.2) is 30.3 Å². The molecule has 3 N–H and O–H groups in total. The Balaban J connectivity index is 0.00000288. The number of hydrogen-bond donors (Lipinski definition) is 2. The lowest BCUT2D eigenvalue weighted by Gasteiger charge is -2.38. The molecule has 0 radical (unpaired) electrons. The molecule has 0 aromatic heterocycles. The van der Waals surface area contributed by atoms with Gasteiger partial charge in [0.2, 0.25) is 5.91 Å². The zero-order valence-electron chi connectivity index (χ0n) is 13.6. The highest BCUT2D eigenvalue weighted by atomic mass is 35.5. The summed E-state index contributed by atoms with van der Waals surface area (Å²) in [6.07, 6.45) is -1.85. The highest BCUT2D eigenvalue weighted by molar-refractivity contribution is 5.85. The molecule has 7 heteroatoms. The number of hydrogen-bond acceptors (Lipinski definition) is 2. The van der Waals surface area contributed by atoms with E-state index in [0.29, 0.717) is 18.4 Å². The molecule has 0 aliphatic heterocycles. The Morgan fingerprint density at radius 1 is 1.33 bits per heavy atom. The summed E-state index contributed by atoms with van der Waals surface area (Å²) in [5, 5.41) is 2.19. The van der Waals surface area contributed by atoms with Crippen LogP contribution in [-0.4, -0.2) is 23.7 Å². The maximum atomic E-state index is 13.3. The standard InChI is InChI=1S/C17H23F3N2O.ClH/c1-16(21)10-6-5-9-13(16)15(23)22-14(17(18,19)20)11-12-7-3-2-4-8-12;/h2-4,7-8,13-14H,5-6,9-11,21H2,1H3,(H,22,23);1H. The number of amides is 1. The van der Waals surface area contributed by atoms with Crippen LogP contribution < -0.4 is 11.1 Å². The van der Waals surface area contributed by atoms with Crippen molar-refractivity contribution in [2.75, 3.05) is 0 Å². The van der Waals surface area contributed by atoms with Crippen LogP contribution in [0.2, 0.25) is 0 Å². The summed E-state index contributed by atoms with van der Waals surface area (Å²) >= 11 is 0. The van der Waals surface area contributed by atoms with Crippen molar-refractivity contribution in [1.29, 1.82) is 0 Å². The van der Waals surface area contributed by atoms with Gasteiger partial charge in [-0.1, -0.05) is 43.2 Å². The van der Waals surface area contributed by atoms with Crippen LogP contribution in [0, 0.1) is 5.92 Å². The van der Waals surface area contributed by atoms with E-state index in [1.807, 2.05) is 0 Å². The fourth-order valence-electron chi connectivity index (χ4n) is 3.16. The highest BCUT2D eigenvalue weighted by Crippen LogP contribution is 2.32. The fourth-order valence-corrected chi connectivity index (χ4v) is 3.16. The van der Waals surface area contributed by atoms with Crippen molar-refractivity contribution in [2.45, 2.75) is 56.8 Å². The van der Waals surface area contributed by atoms with E-state index < -0.39 is 29.6 Å². The lowest BCUT2D eigenvalue weighted by Crippen LogP contribution is -2.56. The van der Waals surface area contributed by atoms with Gasteiger partial charge in [0.15, 0.2) is 0 Å². The minimum absolute atomic E-state index is 0. The molecule has 3 unspecified atom stereocenters. The third kappa shape index (κ3) is 5.38. The number of carbonyl (C=O) groups is 1. The summed E-state index contributed by atoms with van der Waals surface area (Å²) in [6.45, 7) is 1.75. The first-order chi connectivity index (χ1) is 10.7. The maximum absolute atomic E-state index is 13.3. The summed E-state index contributed by atoms with van der Waals surface area (Å²) < 4.78 is 39.8. The molecule has 136 valence electrons. The van der Waals surface area contributed by atoms with Gasteiger partial charge in [0.25, 0.3) is 0 Å². The Morgan fingerprint density at radius 2 is 1.96 bits per heavy atom. The van der Waals surface area contributed by atoms with E-state index in [1.54, 1.807) is 37.3 Å². The quantitative estimate of drug-likeness (QED) is 0.857. The van der Waals surface area contributed by atoms with Gasteiger partial charge in [-0.15, -0.1) is 12.4 Å². The van der Waals surface area contributed by atoms with Crippen molar-refractivity contribution in [2.24, 2.45) is 11.7 Å². The zero-order valence-corrected chi connectivity index (χ0v) is 14.4. The molecule has 0 spiro atoms. The normalized spacial score (nSPS) is 25.5. The molecule has 0 heterocycles. The van der Waals surface area contributed by atoms with E-state index in [-0.39, 0.29) is 18.8 Å². The fraction of sp³-hybridized carbons (Fsp3) is 0.588. The Morgan fingerprint density at radius 3 is 2.50 bits per heavy atom. The molecule has 1 aliphatic carbocycles. The average Bonchev–Trinajstić information content (AvgIpc) is 2.46. The SMILES string of the molecule is CC1(N)CCCCC1C(=O)NC(Cc1ccccc1)C(F)(F)F.Cl.